The maximum atomic E-state index is 11.2. The highest BCUT2D eigenvalue weighted by Crippen LogP contribution is 2.28. The van der Waals surface area contributed by atoms with Gasteiger partial charge in [0, 0.05) is 131 Å². The molecule has 9 aliphatic heterocycles. The van der Waals surface area contributed by atoms with E-state index in [0.29, 0.717) is 66.4 Å². The zero-order valence-electron chi connectivity index (χ0n) is 55.6. The van der Waals surface area contributed by atoms with Crippen LogP contribution in [0.2, 0.25) is 0 Å². The molecular formula is C61H81N13O14S3. The number of amidine groups is 1. The molecule has 0 aromatic carbocycles. The van der Waals surface area contributed by atoms with Crippen LogP contribution in [0.3, 0.4) is 0 Å². The molecule has 27 nitrogen and oxygen atoms in total. The molecule has 5 saturated heterocycles. The lowest BCUT2D eigenvalue weighted by Crippen LogP contribution is -2.41. The first kappa shape index (κ1) is 79.3. The van der Waals surface area contributed by atoms with E-state index in [1.807, 2.05) is 39.6 Å². The van der Waals surface area contributed by atoms with E-state index < -0.39 is 28.5 Å². The van der Waals surface area contributed by atoms with Crippen molar-refractivity contribution in [3.8, 4) is 0 Å². The van der Waals surface area contributed by atoms with E-state index in [1.165, 1.54) is 57.3 Å². The Hall–Kier alpha value is -9.68. The van der Waals surface area contributed by atoms with Gasteiger partial charge in [-0.1, -0.05) is 71.4 Å². The average Bonchev–Trinajstić information content (AvgIpc) is 1.87. The first-order valence-electron chi connectivity index (χ1n) is 26.7. The number of carbonyl (C=O) groups is 11. The Balaban J connectivity index is 0.000000512. The summed E-state index contributed by atoms with van der Waals surface area (Å²) in [6, 6.07) is -0.440. The molecule has 0 aliphatic carbocycles. The number of rotatable bonds is 0. The van der Waals surface area contributed by atoms with Crippen LogP contribution >= 0.6 is 24.4 Å². The number of nitrogens with zero attached hydrogens (tertiary/aromatic N) is 13. The fraction of sp³-hybridized carbons (Fsp3) is 0.361. The molecule has 0 aromatic heterocycles. The summed E-state index contributed by atoms with van der Waals surface area (Å²) >= 11 is 9.77. The molecule has 30 heteroatoms. The number of ketones is 2. The Morgan fingerprint density at radius 2 is 0.857 bits per heavy atom. The number of cyclic esters (lactones) is 2. The van der Waals surface area contributed by atoms with E-state index in [9.17, 15) is 56.9 Å². The van der Waals surface area contributed by atoms with Gasteiger partial charge in [-0.3, -0.25) is 72.9 Å². The number of Topliss-reactive ketones (excluding diaryl/α,β-unsaturated/α-hetero) is 2. The van der Waals surface area contributed by atoms with Gasteiger partial charge < -0.3 is 29.1 Å². The lowest BCUT2D eigenvalue weighted by atomic mass is 10.1. The second kappa shape index (κ2) is 31.7. The second-order valence-electron chi connectivity index (χ2n) is 20.8. The molecule has 0 N–H and O–H groups in total. The van der Waals surface area contributed by atoms with Crippen molar-refractivity contribution in [3.63, 3.8) is 0 Å². The monoisotopic (exact) mass is 1320 g/mol. The van der Waals surface area contributed by atoms with Crippen molar-refractivity contribution in [2.75, 3.05) is 84.6 Å². The number of aliphatic imine (C=N–C) groups is 2. The number of ether oxygens (including phenoxy) is 2. The molecule has 0 saturated carbocycles. The lowest BCUT2D eigenvalue weighted by Gasteiger charge is -2.29. The number of thiocarbonyl (C=S) groups is 2. The molecule has 492 valence electrons. The van der Waals surface area contributed by atoms with E-state index in [1.54, 1.807) is 98.9 Å². The van der Waals surface area contributed by atoms with E-state index in [4.69, 9.17) is 24.4 Å². The van der Waals surface area contributed by atoms with Crippen LogP contribution in [-0.4, -0.2) is 235 Å². The Morgan fingerprint density at radius 3 is 1.00 bits per heavy atom. The smallest absolute Gasteiger partial charge is 0.348 e. The van der Waals surface area contributed by atoms with Gasteiger partial charge in [0.1, 0.15) is 39.2 Å². The first-order chi connectivity index (χ1) is 41.5. The number of imide groups is 1. The van der Waals surface area contributed by atoms with Gasteiger partial charge in [-0.15, -0.1) is 0 Å². The normalized spacial score (nSPS) is 20.8. The molecule has 0 bridgehead atoms. The summed E-state index contributed by atoms with van der Waals surface area (Å²) in [6.45, 7) is 47.3. The minimum absolute atomic E-state index is 0.0231. The van der Waals surface area contributed by atoms with Crippen LogP contribution in [0.25, 0.3) is 0 Å². The van der Waals surface area contributed by atoms with Crippen LogP contribution in [-0.2, 0) is 63.4 Å². The maximum absolute atomic E-state index is 11.2. The molecule has 9 aliphatic rings. The van der Waals surface area contributed by atoms with Gasteiger partial charge in [-0.2, -0.15) is 0 Å². The van der Waals surface area contributed by atoms with Gasteiger partial charge in [0.15, 0.2) is 10.9 Å². The maximum Gasteiger partial charge on any atom is 0.348 e. The van der Waals surface area contributed by atoms with Crippen LogP contribution in [0.1, 0.15) is 62.3 Å². The largest absolute Gasteiger partial charge is 0.419 e. The summed E-state index contributed by atoms with van der Waals surface area (Å²) in [5.74, 6) is -1.94. The summed E-state index contributed by atoms with van der Waals surface area (Å²) in [7, 11) is 18.8. The average molecular weight is 1320 g/mol. The standard InChI is InChI=1S/2C8H11NO.C7H11N3O.C7H8O4.C7H8O2S.C6H8N2O2.2C6H8N2OS.C6H8N2O/c1-5-6(2)9(4)7(3)8(5)10;1-5-6(2)8(10)9(4)7(5)3;1-5-6(11)10(4)7(8-2)9(5)3;1-4-5(8)10-7(2,3)11-6(4)9;1-4-5(2)10(9)6(3)7(4)8;1-4-5(9)8(3)6(10)7(4)2;1-4-5(10)8(3)6(9)7(4)2;1-4-5(9)8(3)6(10)7(4)2;1-4-6(9)8(3)5(2)7-4/h3H2,1-2,4H3;2H2,1,3-4H3;1H2,2-4H3;1H2,2-3H3;3H2,1-2H3;3*1H2,2-3H3;1H2,2-3H3. The Bertz CT molecular complexity index is 3260. The fourth-order valence-electron chi connectivity index (χ4n) is 7.45. The molecule has 9 heterocycles. The zero-order chi connectivity index (χ0) is 71.6. The van der Waals surface area contributed by atoms with Crippen molar-refractivity contribution in [3.05, 3.63) is 142 Å². The zero-order valence-corrected chi connectivity index (χ0v) is 58.1. The molecule has 1 unspecified atom stereocenters. The summed E-state index contributed by atoms with van der Waals surface area (Å²) in [5, 5.41) is 0.509. The van der Waals surface area contributed by atoms with Crippen molar-refractivity contribution < 1.29 is 66.4 Å². The van der Waals surface area contributed by atoms with Crippen LogP contribution in [0.15, 0.2) is 152 Å². The topological polar surface area (TPSA) is 284 Å². The van der Waals surface area contributed by atoms with Gasteiger partial charge >= 0.3 is 24.0 Å². The second-order valence-corrected chi connectivity index (χ2v) is 23.2. The number of likely N-dealkylation sites (N-methyl/N-ethyl adjacent to an activating group) is 11. The first-order valence-corrected chi connectivity index (χ1v) is 28.7. The summed E-state index contributed by atoms with van der Waals surface area (Å²) in [6.07, 6.45) is 0. The SMILES string of the molecule is C=C1C(=O)C(C)=C(C)N1C.C=C1C(=O)C(C)=C(C)S1=O.C=C1C(=O)N(C)C(=NC)N1C.C=C1C(=O)N(C)C(=O)N1C.C=C1C(=O)N(C)C(=S)N1C.C=C1C(=O)N(C)C(C)=C1C.C=C1C(=O)OC(C)(C)OC1=O.C=C1C(=S)N(C)C(=O)N1C.C=C1N=C(C)N(C)C1=O. The van der Waals surface area contributed by atoms with Crippen molar-refractivity contribution in [2.24, 2.45) is 9.98 Å². The predicted octanol–water partition coefficient (Wildman–Crippen LogP) is 5.44. The third kappa shape index (κ3) is 17.8. The number of carbonyl (C=O) groups excluding carboxylic acids is 11. The fourth-order valence-corrected chi connectivity index (χ4v) is 8.92. The van der Waals surface area contributed by atoms with E-state index in [0.717, 1.165) is 27.4 Å². The van der Waals surface area contributed by atoms with Gasteiger partial charge in [-0.05, 0) is 66.3 Å². The summed E-state index contributed by atoms with van der Waals surface area (Å²) in [5.41, 5.74) is 7.43. The van der Waals surface area contributed by atoms with Crippen molar-refractivity contribution in [2.45, 2.75) is 68.1 Å². The van der Waals surface area contributed by atoms with Gasteiger partial charge in [0.05, 0.1) is 27.1 Å². The third-order valence-electron chi connectivity index (χ3n) is 14.6. The van der Waals surface area contributed by atoms with Gasteiger partial charge in [0.2, 0.25) is 11.7 Å². The minimum Gasteiger partial charge on any atom is -0.419 e. The molecule has 5 fully saturated rings. The van der Waals surface area contributed by atoms with Gasteiger partial charge in [-0.25, -0.2) is 28.4 Å². The van der Waals surface area contributed by atoms with Gasteiger partial charge in [0.25, 0.3) is 35.3 Å². The van der Waals surface area contributed by atoms with Crippen LogP contribution in [0, 0.1) is 0 Å². The molecule has 91 heavy (non-hydrogen) atoms. The molecule has 0 radical (unpaired) electrons. The summed E-state index contributed by atoms with van der Waals surface area (Å²) in [4.78, 5) is 146. The van der Waals surface area contributed by atoms with Crippen LogP contribution < -0.4 is 0 Å². The van der Waals surface area contributed by atoms with Crippen molar-refractivity contribution >= 4 is 122 Å². The number of urea groups is 2. The Kier molecular flexibility index (Phi) is 27.6. The summed E-state index contributed by atoms with van der Waals surface area (Å²) < 4.78 is 20.4. The number of amides is 9. The third-order valence-corrected chi connectivity index (χ3v) is 17.1. The lowest BCUT2D eigenvalue weighted by molar-refractivity contribution is -0.222. The highest BCUT2D eigenvalue weighted by molar-refractivity contribution is 7.94. The van der Waals surface area contributed by atoms with Crippen molar-refractivity contribution in [1.82, 2.24) is 53.9 Å². The highest BCUT2D eigenvalue weighted by Gasteiger charge is 2.39. The van der Waals surface area contributed by atoms with Crippen molar-refractivity contribution in [1.29, 1.82) is 0 Å². The Labute approximate surface area is 545 Å². The van der Waals surface area contributed by atoms with E-state index >= 15 is 0 Å². The van der Waals surface area contributed by atoms with Crippen LogP contribution in [0.4, 0.5) is 9.59 Å². The molecule has 1 atom stereocenters. The number of hydrogen-bond donors (Lipinski definition) is 0. The minimum atomic E-state index is -1.24. The highest BCUT2D eigenvalue weighted by atomic mass is 32.2. The number of guanidine groups is 1. The quantitative estimate of drug-likeness (QED) is 0.0959. The van der Waals surface area contributed by atoms with Crippen LogP contribution in [0.5, 0.6) is 0 Å². The Morgan fingerprint density at radius 1 is 0.440 bits per heavy atom. The molecule has 0 spiro atoms. The molecule has 9 amide bonds. The molecule has 9 rings (SSSR count). The van der Waals surface area contributed by atoms with E-state index in [-0.39, 0.29) is 69.3 Å². The predicted molar refractivity (Wildman–Crippen MR) is 355 cm³/mol. The number of esters is 2. The van der Waals surface area contributed by atoms with E-state index in [2.05, 4.69) is 78.7 Å². The number of allylic oxidation sites excluding steroid dienone is 6. The number of hydrogen-bond acceptors (Lipinski definition) is 19. The molecular weight excluding hydrogens is 1230 g/mol. The molecule has 0 aromatic rings.